The third-order valence-corrected chi connectivity index (χ3v) is 2.93. The molecular weight excluding hydrogens is 294 g/mol. The van der Waals surface area contributed by atoms with Crippen LogP contribution >= 0.6 is 0 Å². The summed E-state index contributed by atoms with van der Waals surface area (Å²) in [7, 11) is 0. The number of nitrogens with zero attached hydrogens (tertiary/aromatic N) is 1. The van der Waals surface area contributed by atoms with Gasteiger partial charge in [-0.15, -0.1) is 0 Å². The van der Waals surface area contributed by atoms with Crippen molar-refractivity contribution < 1.29 is 22.5 Å². The first-order valence-corrected chi connectivity index (χ1v) is 6.36. The van der Waals surface area contributed by atoms with Crippen LogP contribution in [0.4, 0.5) is 8.78 Å². The summed E-state index contributed by atoms with van der Waals surface area (Å²) in [6.45, 7) is 0.0891. The molecule has 7 heteroatoms. The van der Waals surface area contributed by atoms with E-state index in [2.05, 4.69) is 10.5 Å². The first-order chi connectivity index (χ1) is 10.6. The Hall–Kier alpha value is -2.96. The molecule has 2 heterocycles. The lowest BCUT2D eigenvalue weighted by Crippen LogP contribution is -2.22. The van der Waals surface area contributed by atoms with E-state index in [0.29, 0.717) is 5.69 Å². The van der Waals surface area contributed by atoms with Gasteiger partial charge in [0.15, 0.2) is 11.5 Å². The summed E-state index contributed by atoms with van der Waals surface area (Å²) in [4.78, 5) is 11.7. The number of carbonyl (C=O) groups excluding carboxylic acids is 1. The van der Waals surface area contributed by atoms with E-state index in [0.717, 1.165) is 12.1 Å². The van der Waals surface area contributed by atoms with Gasteiger partial charge in [0.2, 0.25) is 0 Å². The summed E-state index contributed by atoms with van der Waals surface area (Å²) in [6, 6.07) is 7.74. The highest BCUT2D eigenvalue weighted by molar-refractivity contribution is 5.91. The zero-order valence-corrected chi connectivity index (χ0v) is 11.2. The van der Waals surface area contributed by atoms with Crippen LogP contribution in [0.2, 0.25) is 0 Å². The number of benzene rings is 1. The van der Waals surface area contributed by atoms with Crippen LogP contribution in [0.5, 0.6) is 0 Å². The third kappa shape index (κ3) is 2.88. The van der Waals surface area contributed by atoms with Gasteiger partial charge >= 0.3 is 0 Å². The molecule has 1 amide bonds. The van der Waals surface area contributed by atoms with Crippen LogP contribution in [0.25, 0.3) is 11.3 Å². The predicted molar refractivity (Wildman–Crippen MR) is 71.7 cm³/mol. The number of halogens is 2. The first-order valence-electron chi connectivity index (χ1n) is 6.36. The summed E-state index contributed by atoms with van der Waals surface area (Å²) < 4.78 is 36.5. The van der Waals surface area contributed by atoms with Crippen molar-refractivity contribution in [3.8, 4) is 11.3 Å². The van der Waals surface area contributed by atoms with Crippen molar-refractivity contribution in [2.45, 2.75) is 6.54 Å². The maximum Gasteiger partial charge on any atom is 0.287 e. The van der Waals surface area contributed by atoms with Crippen molar-refractivity contribution >= 4 is 5.91 Å². The average Bonchev–Trinajstić information content (AvgIpc) is 3.16. The minimum absolute atomic E-state index is 0.0891. The second-order valence-electron chi connectivity index (χ2n) is 4.47. The van der Waals surface area contributed by atoms with Crippen LogP contribution in [0.15, 0.2) is 51.6 Å². The van der Waals surface area contributed by atoms with Gasteiger partial charge in [0.05, 0.1) is 18.4 Å². The average molecular weight is 304 g/mol. The highest BCUT2D eigenvalue weighted by Crippen LogP contribution is 2.24. The van der Waals surface area contributed by atoms with E-state index in [1.807, 2.05) is 0 Å². The Morgan fingerprint density at radius 1 is 1.23 bits per heavy atom. The van der Waals surface area contributed by atoms with E-state index in [1.54, 1.807) is 6.07 Å². The molecule has 0 aliphatic heterocycles. The van der Waals surface area contributed by atoms with Gasteiger partial charge < -0.3 is 14.3 Å². The van der Waals surface area contributed by atoms with E-state index in [1.165, 1.54) is 24.5 Å². The minimum Gasteiger partial charge on any atom is -0.459 e. The van der Waals surface area contributed by atoms with Gasteiger partial charge in [-0.2, -0.15) is 0 Å². The normalized spacial score (nSPS) is 10.6. The topological polar surface area (TPSA) is 68.3 Å². The first kappa shape index (κ1) is 14.0. The number of nitrogens with one attached hydrogen (secondary N) is 1. The summed E-state index contributed by atoms with van der Waals surface area (Å²) in [5, 5.41) is 6.31. The molecule has 0 bridgehead atoms. The molecule has 0 spiro atoms. The van der Waals surface area contributed by atoms with E-state index in [-0.39, 0.29) is 23.6 Å². The van der Waals surface area contributed by atoms with Crippen molar-refractivity contribution in [2.24, 2.45) is 0 Å². The molecule has 22 heavy (non-hydrogen) atoms. The lowest BCUT2D eigenvalue weighted by atomic mass is 10.1. The van der Waals surface area contributed by atoms with Crippen LogP contribution in [-0.2, 0) is 6.54 Å². The number of hydrogen-bond donors (Lipinski definition) is 1. The molecule has 0 unspecified atom stereocenters. The Kier molecular flexibility index (Phi) is 3.69. The fourth-order valence-electron chi connectivity index (χ4n) is 1.88. The number of aromatic nitrogens is 1. The van der Waals surface area contributed by atoms with Crippen molar-refractivity contribution in [1.29, 1.82) is 0 Å². The summed E-state index contributed by atoms with van der Waals surface area (Å²) in [5.41, 5.74) is 0.496. The molecule has 0 radical (unpaired) electrons. The van der Waals surface area contributed by atoms with Crippen LogP contribution < -0.4 is 5.32 Å². The molecule has 0 atom stereocenters. The molecule has 0 saturated heterocycles. The zero-order valence-electron chi connectivity index (χ0n) is 11.2. The van der Waals surface area contributed by atoms with Crippen molar-refractivity contribution in [2.75, 3.05) is 0 Å². The molecule has 5 nitrogen and oxygen atoms in total. The quantitative estimate of drug-likeness (QED) is 0.804. The van der Waals surface area contributed by atoms with E-state index in [4.69, 9.17) is 8.94 Å². The second-order valence-corrected chi connectivity index (χ2v) is 4.47. The number of hydrogen-bond acceptors (Lipinski definition) is 4. The van der Waals surface area contributed by atoms with Gasteiger partial charge in [-0.05, 0) is 24.3 Å². The van der Waals surface area contributed by atoms with Gasteiger partial charge in [0, 0.05) is 12.1 Å². The summed E-state index contributed by atoms with van der Waals surface area (Å²) in [5.74, 6) is -1.50. The number of furan rings is 1. The number of carbonyl (C=O) groups is 1. The number of amides is 1. The molecular formula is C15H10F2N2O3. The molecule has 1 N–H and O–H groups in total. The standard InChI is InChI=1S/C15H10F2N2O3/c16-9-3-4-11(12(17)6-9)14-7-10(19-22-14)8-18-15(20)13-2-1-5-21-13/h1-7H,8H2,(H,18,20). The number of rotatable bonds is 4. The Labute approximate surface area is 123 Å². The highest BCUT2D eigenvalue weighted by atomic mass is 19.1. The molecule has 2 aromatic heterocycles. The monoisotopic (exact) mass is 304 g/mol. The Balaban J connectivity index is 1.70. The van der Waals surface area contributed by atoms with Gasteiger partial charge in [0.25, 0.3) is 5.91 Å². The van der Waals surface area contributed by atoms with Crippen LogP contribution in [0.3, 0.4) is 0 Å². The molecule has 112 valence electrons. The fraction of sp³-hybridized carbons (Fsp3) is 0.0667. The maximum absolute atomic E-state index is 13.6. The molecule has 0 aliphatic carbocycles. The highest BCUT2D eigenvalue weighted by Gasteiger charge is 2.13. The van der Waals surface area contributed by atoms with E-state index >= 15 is 0 Å². The van der Waals surface area contributed by atoms with Crippen molar-refractivity contribution in [3.05, 3.63) is 65.7 Å². The van der Waals surface area contributed by atoms with Gasteiger partial charge in [-0.1, -0.05) is 5.16 Å². The molecule has 0 fully saturated rings. The Morgan fingerprint density at radius 2 is 2.09 bits per heavy atom. The summed E-state index contributed by atoms with van der Waals surface area (Å²) >= 11 is 0. The second kappa shape index (κ2) is 5.80. The minimum atomic E-state index is -0.748. The van der Waals surface area contributed by atoms with Crippen LogP contribution in [0.1, 0.15) is 16.2 Å². The van der Waals surface area contributed by atoms with E-state index in [9.17, 15) is 13.6 Å². The smallest absolute Gasteiger partial charge is 0.287 e. The summed E-state index contributed by atoms with van der Waals surface area (Å²) in [6.07, 6.45) is 1.39. The van der Waals surface area contributed by atoms with E-state index < -0.39 is 17.5 Å². The van der Waals surface area contributed by atoms with Crippen LogP contribution in [0, 0.1) is 11.6 Å². The lowest BCUT2D eigenvalue weighted by Gasteiger charge is -1.99. The van der Waals surface area contributed by atoms with Crippen LogP contribution in [-0.4, -0.2) is 11.1 Å². The Bertz CT molecular complexity index is 797. The zero-order chi connectivity index (χ0) is 15.5. The Morgan fingerprint density at radius 3 is 2.82 bits per heavy atom. The van der Waals surface area contributed by atoms with Gasteiger partial charge in [0.1, 0.15) is 17.3 Å². The fourth-order valence-corrected chi connectivity index (χ4v) is 1.88. The maximum atomic E-state index is 13.6. The molecule has 3 aromatic rings. The van der Waals surface area contributed by atoms with Gasteiger partial charge in [-0.3, -0.25) is 4.79 Å². The van der Waals surface area contributed by atoms with Crippen molar-refractivity contribution in [3.63, 3.8) is 0 Å². The predicted octanol–water partition coefficient (Wildman–Crippen LogP) is 3.14. The molecule has 0 saturated carbocycles. The largest absolute Gasteiger partial charge is 0.459 e. The molecule has 0 aliphatic rings. The lowest BCUT2D eigenvalue weighted by molar-refractivity contribution is 0.0922. The molecule has 3 rings (SSSR count). The van der Waals surface area contributed by atoms with Gasteiger partial charge in [-0.25, -0.2) is 8.78 Å². The third-order valence-electron chi connectivity index (χ3n) is 2.93. The SMILES string of the molecule is O=C(NCc1cc(-c2ccc(F)cc2F)on1)c1ccco1. The molecule has 1 aromatic carbocycles. The van der Waals surface area contributed by atoms with Crippen molar-refractivity contribution in [1.82, 2.24) is 10.5 Å².